The van der Waals surface area contributed by atoms with Gasteiger partial charge in [-0.25, -0.2) is 15.4 Å². The van der Waals surface area contributed by atoms with Gasteiger partial charge in [-0.05, 0) is 128 Å². The smallest absolute Gasteiger partial charge is 0.325 e. The number of esters is 2. The van der Waals surface area contributed by atoms with Crippen LogP contribution in [0.4, 0.5) is 0 Å². The van der Waals surface area contributed by atoms with Gasteiger partial charge in [0.15, 0.2) is 0 Å². The lowest BCUT2D eigenvalue weighted by Gasteiger charge is -2.35. The van der Waals surface area contributed by atoms with Crippen molar-refractivity contribution in [3.8, 4) is 5.75 Å². The van der Waals surface area contributed by atoms with Crippen molar-refractivity contribution in [2.24, 2.45) is 28.6 Å². The van der Waals surface area contributed by atoms with Crippen molar-refractivity contribution in [3.63, 3.8) is 0 Å². The number of aromatic nitrogens is 2. The second-order valence-corrected chi connectivity index (χ2v) is 27.6. The molecule has 0 radical (unpaired) electrons. The van der Waals surface area contributed by atoms with E-state index in [0.717, 1.165) is 21.9 Å². The average molecular weight is 1310 g/mol. The van der Waals surface area contributed by atoms with Gasteiger partial charge in [0, 0.05) is 36.5 Å². The van der Waals surface area contributed by atoms with E-state index in [1.165, 1.54) is 9.91 Å². The van der Waals surface area contributed by atoms with Crippen LogP contribution in [0.15, 0.2) is 60.7 Å². The number of likely N-dealkylation sites (tertiary alicyclic amines) is 1. The number of piperidine rings is 1. The molecule has 2 aromatic heterocycles. The lowest BCUT2D eigenvalue weighted by molar-refractivity contribution is -0.157. The number of hydrazine groups is 1. The number of carbonyl (C=O) groups excluding carboxylic acids is 8. The van der Waals surface area contributed by atoms with E-state index >= 15 is 0 Å². The summed E-state index contributed by atoms with van der Waals surface area (Å²) in [6.45, 7) is 21.2. The predicted octanol–water partition coefficient (Wildman–Crippen LogP) is 8.82. The van der Waals surface area contributed by atoms with Gasteiger partial charge in [0.25, 0.3) is 5.91 Å². The van der Waals surface area contributed by atoms with Crippen LogP contribution in [0.3, 0.4) is 0 Å². The molecule has 6 amide bonds. The molecule has 7 rings (SSSR count). The van der Waals surface area contributed by atoms with E-state index in [0.29, 0.717) is 72.0 Å². The number of alkyl halides is 3. The molecule has 3 aliphatic heterocycles. The normalized spacial score (nSPS) is 21.9. The van der Waals surface area contributed by atoms with Crippen LogP contribution in [0.25, 0.3) is 34.0 Å². The summed E-state index contributed by atoms with van der Waals surface area (Å²) in [7, 11) is 1.57. The molecule has 3 aliphatic rings. The number of hydrogen-bond acceptors (Lipinski definition) is 15. The van der Waals surface area contributed by atoms with Crippen LogP contribution in [0.1, 0.15) is 143 Å². The molecule has 2 fully saturated rings. The van der Waals surface area contributed by atoms with Crippen LogP contribution < -0.4 is 31.4 Å². The van der Waals surface area contributed by atoms with Crippen molar-refractivity contribution < 1.29 is 57.7 Å². The molecule has 89 heavy (non-hydrogen) atoms. The van der Waals surface area contributed by atoms with E-state index < -0.39 is 99.2 Å². The minimum atomic E-state index is -1.73. The Kier molecular flexibility index (Phi) is 24.5. The van der Waals surface area contributed by atoms with Gasteiger partial charge in [0.05, 0.1) is 57.4 Å². The largest absolute Gasteiger partial charge is 0.496 e. The fraction of sp³-hybridized carbons (Fsp3) is 0.531. The summed E-state index contributed by atoms with van der Waals surface area (Å²) in [6.07, 6.45) is 7.80. The molecule has 484 valence electrons. The van der Waals surface area contributed by atoms with Crippen molar-refractivity contribution in [1.29, 1.82) is 0 Å². The fourth-order valence-electron chi connectivity index (χ4n) is 10.0. The van der Waals surface area contributed by atoms with Crippen molar-refractivity contribution >= 4 is 128 Å². The maximum Gasteiger partial charge on any atom is 0.325 e. The molecule has 2 aromatic carbocycles. The molecule has 0 spiro atoms. The number of rotatable bonds is 13. The number of carbonyl (C=O) groups is 8. The number of ether oxygens (including phenoxy) is 3. The summed E-state index contributed by atoms with van der Waals surface area (Å²) in [5.41, 5.74) is 4.80. The predicted molar refractivity (Wildman–Crippen MR) is 343 cm³/mol. The maximum atomic E-state index is 13.4. The zero-order chi connectivity index (χ0) is 66.0. The number of halogens is 4. The van der Waals surface area contributed by atoms with Gasteiger partial charge >= 0.3 is 11.9 Å². The van der Waals surface area contributed by atoms with Gasteiger partial charge in [0.1, 0.15) is 48.7 Å². The molecule has 2 saturated heterocycles. The summed E-state index contributed by atoms with van der Waals surface area (Å²) in [5, 5.41) is 24.5. The molecule has 25 heteroatoms. The summed E-state index contributed by atoms with van der Waals surface area (Å²) >= 11 is 23.4. The van der Waals surface area contributed by atoms with Crippen LogP contribution in [-0.2, 0) is 47.8 Å². The molecule has 0 saturated carbocycles. The zero-order valence-corrected chi connectivity index (χ0v) is 55.6. The lowest BCUT2D eigenvalue weighted by atomic mass is 9.89. The Bertz CT molecular complexity index is 3350. The Morgan fingerprint density at radius 1 is 0.888 bits per heavy atom. The maximum absolute atomic E-state index is 13.4. The van der Waals surface area contributed by atoms with Gasteiger partial charge in [-0.1, -0.05) is 117 Å². The van der Waals surface area contributed by atoms with Crippen LogP contribution in [0.5, 0.6) is 5.75 Å². The number of nitrogens with one attached hydrogen (secondary N) is 5. The molecule has 6 N–H and O–H groups in total. The quantitative estimate of drug-likeness (QED) is 0.0539. The van der Waals surface area contributed by atoms with Gasteiger partial charge in [-0.15, -0.1) is 0 Å². The molecule has 4 aromatic rings. The topological polar surface area (TPSA) is 277 Å². The highest BCUT2D eigenvalue weighted by Crippen LogP contribution is 2.33. The number of pyridine rings is 2. The summed E-state index contributed by atoms with van der Waals surface area (Å²) in [5.74, 6) is -4.01. The Morgan fingerprint density at radius 3 is 2.21 bits per heavy atom. The molecular formula is C64H83Cl4N9O12. The van der Waals surface area contributed by atoms with Gasteiger partial charge in [0.2, 0.25) is 33.3 Å². The molecular weight excluding hydrogens is 1230 g/mol. The van der Waals surface area contributed by atoms with Gasteiger partial charge in [-0.3, -0.25) is 43.4 Å². The minimum Gasteiger partial charge on any atom is -0.496 e. The van der Waals surface area contributed by atoms with Gasteiger partial charge in [-0.2, -0.15) is 0 Å². The first-order valence-electron chi connectivity index (χ1n) is 29.8. The Morgan fingerprint density at radius 2 is 1.56 bits per heavy atom. The number of methoxy groups -OCH3 is 1. The van der Waals surface area contributed by atoms with E-state index in [4.69, 9.17) is 65.6 Å². The van der Waals surface area contributed by atoms with Crippen LogP contribution in [-0.4, -0.2) is 140 Å². The molecule has 8 atom stereocenters. The summed E-state index contributed by atoms with van der Waals surface area (Å²) < 4.78 is 14.8. The number of hydrogen-bond donors (Lipinski definition) is 6. The number of benzene rings is 2. The third-order valence-corrected chi connectivity index (χ3v) is 16.3. The first kappa shape index (κ1) is 71.5. The summed E-state index contributed by atoms with van der Waals surface area (Å²) in [4.78, 5) is 116. The van der Waals surface area contributed by atoms with E-state index in [1.54, 1.807) is 107 Å². The first-order chi connectivity index (χ1) is 41.6. The zero-order valence-electron chi connectivity index (χ0n) is 52.6. The highest BCUT2D eigenvalue weighted by atomic mass is 35.6. The average Bonchev–Trinajstić information content (AvgIpc) is 2.51. The van der Waals surface area contributed by atoms with Crippen LogP contribution >= 0.6 is 46.4 Å². The van der Waals surface area contributed by atoms with E-state index in [1.807, 2.05) is 56.3 Å². The number of aliphatic hydroxyl groups is 1. The number of aliphatic hydroxyl groups excluding tert-OH is 1. The fourth-order valence-corrected chi connectivity index (χ4v) is 10.5. The number of amides is 6. The Hall–Kier alpha value is -6.62. The monoisotopic (exact) mass is 1310 g/mol. The second-order valence-electron chi connectivity index (χ2n) is 24.7. The number of nitrogens with zero attached hydrogens (tertiary/aromatic N) is 4. The molecule has 5 heterocycles. The van der Waals surface area contributed by atoms with Gasteiger partial charge < -0.3 is 45.5 Å². The first-order valence-corrected chi connectivity index (χ1v) is 31.3. The standard InChI is InChI=1S/C33H42Cl4N4O6.C31H41N5O6/c1-18(2)27(28(43)38-19(3)29(44)41-13-7-8-22(16-41)30(45)47-17-33(35,36)37)40-31(46)32(5,6)12-11-21-9-10-23-24(34)15-25(20(4)42)39-26(23)14-21;1-17(2)26-27(37)32-18(3)28(38)36-14-8-9-22(35-36)29(39)42-19(4)23-16-25(41-7)21-11-10-20(15-24(21)33-23)12-13-31(5,6)30(40)34-26/h9-12,14-15,18-20,22,27,42H,7-8,13,16-17H2,1-6H3,(H,38,43)(H,40,46);10-13,15-19,22,26,35H,8-9,14H2,1-7H3,(H,32,37)(H,34,40)/b12-11+;13-12+/t19-,20+,22+,27-;18-,19+,22-,26-/m00/s1. The Labute approximate surface area is 540 Å². The second kappa shape index (κ2) is 30.5. The van der Waals surface area contributed by atoms with E-state index in [-0.39, 0.29) is 36.1 Å². The van der Waals surface area contributed by atoms with Crippen molar-refractivity contribution in [2.75, 3.05) is 33.4 Å². The van der Waals surface area contributed by atoms with Crippen LogP contribution in [0, 0.1) is 28.6 Å². The Balaban J connectivity index is 0.000000285. The molecule has 0 aliphatic carbocycles. The molecule has 0 unspecified atom stereocenters. The summed E-state index contributed by atoms with van der Waals surface area (Å²) in [6, 6.07) is 10.2. The number of cyclic esters (lactones) is 1. The third-order valence-electron chi connectivity index (χ3n) is 15.6. The highest BCUT2D eigenvalue weighted by molar-refractivity contribution is 6.67. The van der Waals surface area contributed by atoms with Crippen molar-refractivity contribution in [2.45, 2.75) is 155 Å². The lowest BCUT2D eigenvalue weighted by Crippen LogP contribution is -2.61. The van der Waals surface area contributed by atoms with Crippen LogP contribution in [0.2, 0.25) is 5.02 Å². The van der Waals surface area contributed by atoms with Crippen molar-refractivity contribution in [3.05, 3.63) is 88.2 Å². The third kappa shape index (κ3) is 19.2. The highest BCUT2D eigenvalue weighted by Gasteiger charge is 2.38. The van der Waals surface area contributed by atoms with E-state index in [2.05, 4.69) is 31.7 Å². The van der Waals surface area contributed by atoms with Crippen molar-refractivity contribution in [1.82, 2.24) is 46.6 Å². The molecule has 5 bridgehead atoms. The number of fused-ring (bicyclic) bond motifs is 5. The minimum absolute atomic E-state index is 0.116. The van der Waals surface area contributed by atoms with E-state index in [9.17, 15) is 43.5 Å². The SMILES string of the molecule is CC(C)[C@H](NC(=O)C(C)(C)/C=C/c1ccc2c(Cl)cc([C@@H](C)O)nc2c1)C(=O)N[C@@H](C)C(=O)N1CCC[C@@H](C(=O)OCC(Cl)(Cl)Cl)C1.COc1cc2nc3cc(ccc13)/C=C/C(C)(C)C(=O)N[C@@H](C(C)C)C(=O)N[C@@H](C)C(=O)N1CCC[C@H](N1)C(=O)O[C@@H]2C. The molecule has 21 nitrogen and oxygen atoms in total.